The molecular formula is C16H23NOS. The van der Waals surface area contributed by atoms with Gasteiger partial charge in [0.2, 0.25) is 0 Å². The lowest BCUT2D eigenvalue weighted by Crippen LogP contribution is -2.35. The summed E-state index contributed by atoms with van der Waals surface area (Å²) in [5.41, 5.74) is 0.678. The van der Waals surface area contributed by atoms with E-state index in [1.165, 1.54) is 4.88 Å². The van der Waals surface area contributed by atoms with Gasteiger partial charge in [0, 0.05) is 9.75 Å². The van der Waals surface area contributed by atoms with Crippen LogP contribution in [-0.4, -0.2) is 5.11 Å². The van der Waals surface area contributed by atoms with Gasteiger partial charge in [-0.05, 0) is 56.6 Å². The van der Waals surface area contributed by atoms with Crippen molar-refractivity contribution in [1.82, 2.24) is 0 Å². The molecule has 0 bridgehead atoms. The third-order valence-corrected chi connectivity index (χ3v) is 5.60. The summed E-state index contributed by atoms with van der Waals surface area (Å²) in [5, 5.41) is 20.4. The topological polar surface area (TPSA) is 44.0 Å². The Balaban J connectivity index is 2.28. The van der Waals surface area contributed by atoms with Crippen molar-refractivity contribution in [2.24, 2.45) is 10.8 Å². The Bertz CT molecular complexity index is 499. The molecular weight excluding hydrogens is 254 g/mol. The zero-order valence-corrected chi connectivity index (χ0v) is 13.1. The zero-order chi connectivity index (χ0) is 14.3. The molecule has 1 aromatic rings. The maximum atomic E-state index is 10.7. The van der Waals surface area contributed by atoms with E-state index in [0.717, 1.165) is 36.1 Å². The number of hydrogen-bond donors (Lipinski definition) is 1. The van der Waals surface area contributed by atoms with Crippen LogP contribution in [0, 0.1) is 36.0 Å². The quantitative estimate of drug-likeness (QED) is 0.864. The smallest absolute Gasteiger partial charge is 0.0987 e. The van der Waals surface area contributed by atoms with Gasteiger partial charge in [-0.25, -0.2) is 0 Å². The van der Waals surface area contributed by atoms with E-state index in [9.17, 15) is 10.4 Å². The van der Waals surface area contributed by atoms with Crippen LogP contribution >= 0.6 is 11.3 Å². The summed E-state index contributed by atoms with van der Waals surface area (Å²) in [4.78, 5) is 2.35. The third-order valence-electron chi connectivity index (χ3n) is 4.62. The van der Waals surface area contributed by atoms with Crippen molar-refractivity contribution in [3.05, 3.63) is 21.4 Å². The summed E-state index contributed by atoms with van der Waals surface area (Å²) >= 11 is 1.70. The monoisotopic (exact) mass is 277 g/mol. The molecule has 1 heterocycles. The Morgan fingerprint density at radius 1 is 1.26 bits per heavy atom. The van der Waals surface area contributed by atoms with Crippen molar-refractivity contribution in [1.29, 1.82) is 5.26 Å². The van der Waals surface area contributed by atoms with Crippen LogP contribution in [0.25, 0.3) is 0 Å². The highest BCUT2D eigenvalue weighted by Gasteiger charge is 2.45. The number of aliphatic hydroxyl groups excluding tert-OH is 1. The first kappa shape index (κ1) is 14.6. The fourth-order valence-corrected chi connectivity index (χ4v) is 4.00. The van der Waals surface area contributed by atoms with Gasteiger partial charge in [0.15, 0.2) is 0 Å². The van der Waals surface area contributed by atoms with Crippen LogP contribution in [0.1, 0.15) is 61.0 Å². The van der Waals surface area contributed by atoms with Crippen LogP contribution < -0.4 is 0 Å². The Hall–Kier alpha value is -0.850. The van der Waals surface area contributed by atoms with Crippen LogP contribution in [0.4, 0.5) is 0 Å². The maximum Gasteiger partial charge on any atom is 0.0987 e. The largest absolute Gasteiger partial charge is 0.387 e. The van der Waals surface area contributed by atoms with Crippen LogP contribution in [0.15, 0.2) is 6.07 Å². The Morgan fingerprint density at radius 2 is 1.84 bits per heavy atom. The molecule has 1 aromatic heterocycles. The number of nitrogens with zero attached hydrogens (tertiary/aromatic N) is 1. The molecule has 0 aromatic carbocycles. The lowest BCUT2D eigenvalue weighted by atomic mass is 9.62. The first-order chi connectivity index (χ1) is 8.80. The molecule has 0 spiro atoms. The molecule has 0 aliphatic heterocycles. The highest BCUT2D eigenvalue weighted by atomic mass is 32.1. The van der Waals surface area contributed by atoms with Gasteiger partial charge in [0.25, 0.3) is 0 Å². The second kappa shape index (κ2) is 4.92. The maximum absolute atomic E-state index is 10.7. The minimum absolute atomic E-state index is 0.305. The van der Waals surface area contributed by atoms with E-state index in [0.29, 0.717) is 5.41 Å². The van der Waals surface area contributed by atoms with Gasteiger partial charge >= 0.3 is 0 Å². The van der Waals surface area contributed by atoms with Crippen LogP contribution in [0.3, 0.4) is 0 Å². The Labute approximate surface area is 120 Å². The lowest BCUT2D eigenvalue weighted by molar-refractivity contribution is 0.00947. The molecule has 0 saturated heterocycles. The van der Waals surface area contributed by atoms with Crippen molar-refractivity contribution in [3.63, 3.8) is 0 Å². The summed E-state index contributed by atoms with van der Waals surface area (Å²) in [6, 6.07) is 4.49. The number of nitriles is 1. The minimum atomic E-state index is -0.640. The molecule has 0 amide bonds. The van der Waals surface area contributed by atoms with E-state index in [4.69, 9.17) is 0 Å². The highest BCUT2D eigenvalue weighted by Crippen LogP contribution is 2.51. The molecule has 3 heteroatoms. The normalized spacial score (nSPS) is 22.7. The highest BCUT2D eigenvalue weighted by molar-refractivity contribution is 7.12. The number of thiophene rings is 1. The predicted octanol–water partition coefficient (Wildman–Crippen LogP) is 4.51. The fraction of sp³-hybridized carbons (Fsp3) is 0.688. The van der Waals surface area contributed by atoms with Crippen molar-refractivity contribution in [2.45, 2.75) is 59.5 Å². The summed E-state index contributed by atoms with van der Waals surface area (Å²) in [6.07, 6.45) is 2.98. The van der Waals surface area contributed by atoms with Gasteiger partial charge in [-0.15, -0.1) is 11.3 Å². The van der Waals surface area contributed by atoms with Gasteiger partial charge in [0.1, 0.15) is 0 Å². The molecule has 1 aliphatic rings. The second-order valence-electron chi connectivity index (χ2n) is 6.70. The molecule has 1 aliphatic carbocycles. The molecule has 2 rings (SSSR count). The van der Waals surface area contributed by atoms with Crippen LogP contribution in [0.2, 0.25) is 0 Å². The molecule has 1 N–H and O–H groups in total. The molecule has 2 nitrogen and oxygen atoms in total. The van der Waals surface area contributed by atoms with Crippen molar-refractivity contribution in [2.75, 3.05) is 0 Å². The van der Waals surface area contributed by atoms with Gasteiger partial charge in [-0.2, -0.15) is 5.26 Å². The van der Waals surface area contributed by atoms with E-state index in [1.54, 1.807) is 11.3 Å². The second-order valence-corrected chi connectivity index (χ2v) is 8.16. The number of aliphatic hydroxyl groups is 1. The first-order valence-electron chi connectivity index (χ1n) is 6.96. The van der Waals surface area contributed by atoms with Crippen molar-refractivity contribution < 1.29 is 5.11 Å². The minimum Gasteiger partial charge on any atom is -0.387 e. The zero-order valence-electron chi connectivity index (χ0n) is 12.3. The first-order valence-corrected chi connectivity index (χ1v) is 7.78. The molecule has 1 atom stereocenters. The lowest BCUT2D eigenvalue weighted by Gasteiger charge is -2.41. The molecule has 1 saturated carbocycles. The summed E-state index contributed by atoms with van der Waals surface area (Å²) in [5.74, 6) is 0. The Morgan fingerprint density at radius 3 is 2.26 bits per heavy atom. The fourth-order valence-electron chi connectivity index (χ4n) is 3.04. The van der Waals surface area contributed by atoms with Gasteiger partial charge in [-0.3, -0.25) is 0 Å². The SMILES string of the molecule is Cc1cc(C(O)C2(C#N)CCC(C)(C)CC2)c(C)s1. The van der Waals surface area contributed by atoms with Gasteiger partial charge < -0.3 is 5.11 Å². The van der Waals surface area contributed by atoms with Gasteiger partial charge in [-0.1, -0.05) is 13.8 Å². The number of hydrogen-bond acceptors (Lipinski definition) is 3. The molecule has 1 fully saturated rings. The van der Waals surface area contributed by atoms with Crippen molar-refractivity contribution >= 4 is 11.3 Å². The standard InChI is InChI=1S/C16H23NOS/c1-11-9-13(12(2)19-11)14(18)16(10-17)7-5-15(3,4)6-8-16/h9,14,18H,5-8H2,1-4H3. The van der Waals surface area contributed by atoms with E-state index < -0.39 is 11.5 Å². The van der Waals surface area contributed by atoms with E-state index >= 15 is 0 Å². The van der Waals surface area contributed by atoms with Gasteiger partial charge in [0.05, 0.1) is 17.6 Å². The summed E-state index contributed by atoms with van der Waals surface area (Å²) in [6.45, 7) is 8.59. The third kappa shape index (κ3) is 2.70. The van der Waals surface area contributed by atoms with Crippen LogP contribution in [0.5, 0.6) is 0 Å². The average molecular weight is 277 g/mol. The van der Waals surface area contributed by atoms with E-state index in [1.807, 2.05) is 13.0 Å². The number of aryl methyl sites for hydroxylation is 2. The molecule has 0 radical (unpaired) electrons. The molecule has 19 heavy (non-hydrogen) atoms. The summed E-state index contributed by atoms with van der Waals surface area (Å²) < 4.78 is 0. The van der Waals surface area contributed by atoms with E-state index in [-0.39, 0.29) is 0 Å². The predicted molar refractivity (Wildman–Crippen MR) is 79.0 cm³/mol. The molecule has 104 valence electrons. The number of rotatable bonds is 2. The molecule has 1 unspecified atom stereocenters. The van der Waals surface area contributed by atoms with Crippen LogP contribution in [-0.2, 0) is 0 Å². The Kier molecular flexibility index (Phi) is 3.77. The van der Waals surface area contributed by atoms with E-state index in [2.05, 4.69) is 26.8 Å². The average Bonchev–Trinajstić information content (AvgIpc) is 2.68. The van der Waals surface area contributed by atoms with Crippen molar-refractivity contribution in [3.8, 4) is 6.07 Å². The summed E-state index contributed by atoms with van der Waals surface area (Å²) in [7, 11) is 0.